The Morgan fingerprint density at radius 2 is 1.76 bits per heavy atom. The predicted molar refractivity (Wildman–Crippen MR) is 87.4 cm³/mol. The summed E-state index contributed by atoms with van der Waals surface area (Å²) in [6.45, 7) is 0. The van der Waals surface area contributed by atoms with Crippen molar-refractivity contribution in [2.45, 2.75) is 10.6 Å². The monoisotopic (exact) mass is 323 g/mol. The van der Waals surface area contributed by atoms with Crippen molar-refractivity contribution in [2.24, 2.45) is 0 Å². The molecule has 2 aromatic rings. The number of halogens is 2. The number of alkyl halides is 1. The van der Waals surface area contributed by atoms with Gasteiger partial charge in [-0.2, -0.15) is 11.8 Å². The molecule has 0 saturated carbocycles. The Kier molecular flexibility index (Phi) is 5.65. The van der Waals surface area contributed by atoms with Crippen LogP contribution in [0.15, 0.2) is 54.6 Å². The maximum atomic E-state index is 13.0. The van der Waals surface area contributed by atoms with Gasteiger partial charge in [0.2, 0.25) is 5.91 Å². The molecule has 0 heterocycles. The van der Waals surface area contributed by atoms with E-state index in [-0.39, 0.29) is 11.7 Å². The Bertz CT molecular complexity index is 591. The van der Waals surface area contributed by atoms with E-state index < -0.39 is 10.6 Å². The molecule has 0 spiro atoms. The van der Waals surface area contributed by atoms with Crippen LogP contribution in [-0.2, 0) is 4.79 Å². The van der Waals surface area contributed by atoms with Crippen molar-refractivity contribution in [3.8, 4) is 0 Å². The Morgan fingerprint density at radius 3 is 2.33 bits per heavy atom. The summed E-state index contributed by atoms with van der Waals surface area (Å²) in [6.07, 6.45) is 1.83. The molecule has 0 aromatic heterocycles. The Hall–Kier alpha value is -1.52. The smallest absolute Gasteiger partial charge is 0.239 e. The summed E-state index contributed by atoms with van der Waals surface area (Å²) in [5.41, 5.74) is 1.45. The fourth-order valence-corrected chi connectivity index (χ4v) is 3.15. The van der Waals surface area contributed by atoms with E-state index in [4.69, 9.17) is 11.6 Å². The topological polar surface area (TPSA) is 29.1 Å². The van der Waals surface area contributed by atoms with E-state index in [0.29, 0.717) is 0 Å². The molecule has 21 heavy (non-hydrogen) atoms. The Balaban J connectivity index is 2.11. The summed E-state index contributed by atoms with van der Waals surface area (Å²) in [6, 6.07) is 15.1. The summed E-state index contributed by atoms with van der Waals surface area (Å²) in [5, 5.41) is 1.85. The minimum atomic E-state index is -0.524. The Morgan fingerprint density at radius 1 is 1.14 bits per heavy atom. The molecule has 0 radical (unpaired) electrons. The van der Waals surface area contributed by atoms with E-state index in [1.54, 1.807) is 12.1 Å². The van der Waals surface area contributed by atoms with E-state index in [1.165, 1.54) is 23.9 Å². The van der Waals surface area contributed by atoms with Crippen molar-refractivity contribution in [1.29, 1.82) is 0 Å². The van der Waals surface area contributed by atoms with Gasteiger partial charge in [-0.1, -0.05) is 30.3 Å². The van der Waals surface area contributed by atoms with Gasteiger partial charge in [0, 0.05) is 5.69 Å². The standard InChI is InChI=1S/C16H15ClFNOS/c1-21-15(14(17)11-7-9-12(18)10-8-11)16(20)19-13-5-3-2-4-6-13/h2-10,14-15H,1H3,(H,19,20). The van der Waals surface area contributed by atoms with Gasteiger partial charge in [0.15, 0.2) is 0 Å². The number of thioether (sulfide) groups is 1. The Labute approximate surface area is 132 Å². The summed E-state index contributed by atoms with van der Waals surface area (Å²) in [4.78, 5) is 12.3. The largest absolute Gasteiger partial charge is 0.325 e. The van der Waals surface area contributed by atoms with Crippen LogP contribution >= 0.6 is 23.4 Å². The number of carbonyl (C=O) groups excluding carboxylic acids is 1. The highest BCUT2D eigenvalue weighted by Crippen LogP contribution is 2.32. The van der Waals surface area contributed by atoms with Gasteiger partial charge >= 0.3 is 0 Å². The molecule has 2 atom stereocenters. The second kappa shape index (κ2) is 7.48. The average Bonchev–Trinajstić information content (AvgIpc) is 2.49. The van der Waals surface area contributed by atoms with E-state index in [9.17, 15) is 9.18 Å². The van der Waals surface area contributed by atoms with Crippen LogP contribution in [0, 0.1) is 5.82 Å². The maximum absolute atomic E-state index is 13.0. The highest BCUT2D eigenvalue weighted by Gasteiger charge is 2.27. The van der Waals surface area contributed by atoms with Crippen LogP contribution in [-0.4, -0.2) is 17.4 Å². The molecular formula is C16H15ClFNOS. The third-order valence-corrected chi connectivity index (χ3v) is 4.66. The highest BCUT2D eigenvalue weighted by atomic mass is 35.5. The quantitative estimate of drug-likeness (QED) is 0.822. The summed E-state index contributed by atoms with van der Waals surface area (Å²) in [7, 11) is 0. The first-order valence-electron chi connectivity index (χ1n) is 6.40. The summed E-state index contributed by atoms with van der Waals surface area (Å²) in [5.74, 6) is -0.491. The third kappa shape index (κ3) is 4.22. The molecule has 2 nitrogen and oxygen atoms in total. The molecule has 0 aliphatic rings. The number of carbonyl (C=O) groups is 1. The number of hydrogen-bond donors (Lipinski definition) is 1. The van der Waals surface area contributed by atoms with Crippen molar-refractivity contribution in [3.63, 3.8) is 0 Å². The molecule has 2 aromatic carbocycles. The fraction of sp³-hybridized carbons (Fsp3) is 0.188. The molecule has 2 rings (SSSR count). The lowest BCUT2D eigenvalue weighted by Crippen LogP contribution is -2.28. The van der Waals surface area contributed by atoms with Gasteiger partial charge < -0.3 is 5.32 Å². The van der Waals surface area contributed by atoms with Gasteiger partial charge in [-0.05, 0) is 36.1 Å². The van der Waals surface area contributed by atoms with Gasteiger partial charge in [0.1, 0.15) is 11.1 Å². The van der Waals surface area contributed by atoms with Crippen LogP contribution in [0.2, 0.25) is 0 Å². The predicted octanol–water partition coefficient (Wildman–Crippen LogP) is 4.48. The molecule has 0 aliphatic heterocycles. The van der Waals surface area contributed by atoms with Crippen molar-refractivity contribution in [3.05, 3.63) is 66.0 Å². The molecule has 1 amide bonds. The number of anilines is 1. The molecule has 2 unspecified atom stereocenters. The average molecular weight is 324 g/mol. The number of hydrogen-bond acceptors (Lipinski definition) is 2. The van der Waals surface area contributed by atoms with Crippen LogP contribution in [0.1, 0.15) is 10.9 Å². The number of amides is 1. The summed E-state index contributed by atoms with van der Waals surface area (Å²) < 4.78 is 13.0. The molecule has 5 heteroatoms. The van der Waals surface area contributed by atoms with Crippen LogP contribution in [0.5, 0.6) is 0 Å². The molecular weight excluding hydrogens is 309 g/mol. The van der Waals surface area contributed by atoms with Gasteiger partial charge in [-0.3, -0.25) is 4.79 Å². The second-order valence-electron chi connectivity index (χ2n) is 4.46. The fourth-order valence-electron chi connectivity index (χ4n) is 1.92. The van der Waals surface area contributed by atoms with Gasteiger partial charge in [-0.15, -0.1) is 11.6 Å². The molecule has 110 valence electrons. The number of nitrogens with one attached hydrogen (secondary N) is 1. The van der Waals surface area contributed by atoms with Crippen molar-refractivity contribution in [2.75, 3.05) is 11.6 Å². The minimum absolute atomic E-state index is 0.168. The van der Waals surface area contributed by atoms with Gasteiger partial charge in [-0.25, -0.2) is 4.39 Å². The normalized spacial score (nSPS) is 13.5. The van der Waals surface area contributed by atoms with E-state index >= 15 is 0 Å². The van der Waals surface area contributed by atoms with Crippen molar-refractivity contribution < 1.29 is 9.18 Å². The second-order valence-corrected chi connectivity index (χ2v) is 5.91. The first-order chi connectivity index (χ1) is 10.1. The zero-order valence-electron chi connectivity index (χ0n) is 11.4. The molecule has 0 fully saturated rings. The zero-order valence-corrected chi connectivity index (χ0v) is 13.0. The lowest BCUT2D eigenvalue weighted by molar-refractivity contribution is -0.115. The maximum Gasteiger partial charge on any atom is 0.239 e. The molecule has 0 saturated heterocycles. The number of rotatable bonds is 5. The van der Waals surface area contributed by atoms with Crippen LogP contribution in [0.4, 0.5) is 10.1 Å². The van der Waals surface area contributed by atoms with Crippen molar-refractivity contribution in [1.82, 2.24) is 0 Å². The van der Waals surface area contributed by atoms with Crippen molar-refractivity contribution >= 4 is 35.0 Å². The lowest BCUT2D eigenvalue weighted by atomic mass is 10.1. The number of para-hydroxylation sites is 1. The minimum Gasteiger partial charge on any atom is -0.325 e. The molecule has 0 aliphatic carbocycles. The third-order valence-electron chi connectivity index (χ3n) is 3.01. The molecule has 0 bridgehead atoms. The number of benzene rings is 2. The first kappa shape index (κ1) is 15.9. The van der Waals surface area contributed by atoms with E-state index in [1.807, 2.05) is 36.6 Å². The van der Waals surface area contributed by atoms with Crippen LogP contribution in [0.25, 0.3) is 0 Å². The molecule has 1 N–H and O–H groups in total. The zero-order chi connectivity index (χ0) is 15.2. The first-order valence-corrected chi connectivity index (χ1v) is 8.12. The van der Waals surface area contributed by atoms with Crippen LogP contribution in [0.3, 0.4) is 0 Å². The van der Waals surface area contributed by atoms with Gasteiger partial charge in [0.25, 0.3) is 0 Å². The lowest BCUT2D eigenvalue weighted by Gasteiger charge is -2.20. The van der Waals surface area contributed by atoms with E-state index in [0.717, 1.165) is 11.3 Å². The van der Waals surface area contributed by atoms with Crippen LogP contribution < -0.4 is 5.32 Å². The summed E-state index contributed by atoms with van der Waals surface area (Å²) >= 11 is 7.75. The highest BCUT2D eigenvalue weighted by molar-refractivity contribution is 8.00. The SMILES string of the molecule is CSC(C(=O)Nc1ccccc1)C(Cl)c1ccc(F)cc1. The van der Waals surface area contributed by atoms with E-state index in [2.05, 4.69) is 5.32 Å². The van der Waals surface area contributed by atoms with Gasteiger partial charge in [0.05, 0.1) is 5.38 Å².